The van der Waals surface area contributed by atoms with E-state index in [0.29, 0.717) is 0 Å². The molecule has 0 saturated carbocycles. The number of benzene rings is 2. The van der Waals surface area contributed by atoms with Gasteiger partial charge in [-0.25, -0.2) is 16.8 Å². The molecule has 0 aromatic heterocycles. The molecular weight excluding hydrogens is 374 g/mol. The minimum Gasteiger partial charge on any atom is -0.744 e. The number of hydrogen-bond donors (Lipinski definition) is 0. The van der Waals surface area contributed by atoms with Crippen molar-refractivity contribution in [1.82, 2.24) is 0 Å². The molecule has 0 aliphatic heterocycles. The Morgan fingerprint density at radius 1 is 0.625 bits per heavy atom. The minimum absolute atomic E-state index is 0. The predicted molar refractivity (Wildman–Crippen MR) is 77.7 cm³/mol. The third-order valence-electron chi connectivity index (χ3n) is 2.82. The summed E-state index contributed by atoms with van der Waals surface area (Å²) in [5.74, 6) is 0. The summed E-state index contributed by atoms with van der Waals surface area (Å²) in [5, 5.41) is 0. The smallest absolute Gasteiger partial charge is 0.744 e. The van der Waals surface area contributed by atoms with E-state index in [9.17, 15) is 25.9 Å². The molecule has 0 N–H and O–H groups in total. The quantitative estimate of drug-likeness (QED) is 0.299. The average molecular weight is 384 g/mol. The molecule has 116 valence electrons. The zero-order valence-electron chi connectivity index (χ0n) is 13.0. The van der Waals surface area contributed by atoms with E-state index in [2.05, 4.69) is 0 Å². The van der Waals surface area contributed by atoms with Gasteiger partial charge in [0.2, 0.25) is 0 Å². The maximum atomic E-state index is 11.2. The van der Waals surface area contributed by atoms with Gasteiger partial charge in [0.15, 0.2) is 0 Å². The molecule has 0 saturated heterocycles. The first kappa shape index (κ1) is 24.0. The molecule has 0 aliphatic rings. The van der Waals surface area contributed by atoms with Gasteiger partial charge in [-0.3, -0.25) is 0 Å². The third kappa shape index (κ3) is 6.38. The molecule has 24 heavy (non-hydrogen) atoms. The van der Waals surface area contributed by atoms with Crippen LogP contribution in [-0.4, -0.2) is 25.9 Å². The molecule has 0 unspecified atom stereocenters. The van der Waals surface area contributed by atoms with Crippen LogP contribution in [0.4, 0.5) is 0 Å². The fraction of sp³-hybridized carbons (Fsp3) is 0. The Morgan fingerprint density at radius 2 is 0.917 bits per heavy atom. The minimum atomic E-state index is -4.66. The molecule has 2 aromatic carbocycles. The molecule has 0 amide bonds. The fourth-order valence-electron chi connectivity index (χ4n) is 1.87. The van der Waals surface area contributed by atoms with Crippen LogP contribution in [0.3, 0.4) is 0 Å². The molecular formula is C14H10Na2O6S2. The van der Waals surface area contributed by atoms with Gasteiger partial charge in [0.1, 0.15) is 20.2 Å². The van der Waals surface area contributed by atoms with Crippen LogP contribution in [0, 0.1) is 0 Å². The molecule has 0 fully saturated rings. The van der Waals surface area contributed by atoms with E-state index < -0.39 is 30.0 Å². The fourth-order valence-corrected chi connectivity index (χ4v) is 3.21. The van der Waals surface area contributed by atoms with E-state index in [-0.39, 0.29) is 70.2 Å². The first-order chi connectivity index (χ1) is 10.2. The van der Waals surface area contributed by atoms with Crippen molar-refractivity contribution in [1.29, 1.82) is 0 Å². The summed E-state index contributed by atoms with van der Waals surface area (Å²) < 4.78 is 66.9. The van der Waals surface area contributed by atoms with Crippen LogP contribution in [0.1, 0.15) is 11.1 Å². The Balaban J connectivity index is 0.00000264. The van der Waals surface area contributed by atoms with Gasteiger partial charge in [0.25, 0.3) is 0 Å². The maximum absolute atomic E-state index is 11.2. The predicted octanol–water partition coefficient (Wildman–Crippen LogP) is -4.33. The Labute approximate surface area is 185 Å². The zero-order valence-corrected chi connectivity index (χ0v) is 18.7. The van der Waals surface area contributed by atoms with Crippen molar-refractivity contribution in [2.24, 2.45) is 0 Å². The average Bonchev–Trinajstić information content (AvgIpc) is 2.44. The summed E-state index contributed by atoms with van der Waals surface area (Å²) in [6.45, 7) is 0. The van der Waals surface area contributed by atoms with Gasteiger partial charge in [-0.2, -0.15) is 0 Å². The van der Waals surface area contributed by atoms with E-state index in [0.717, 1.165) is 12.1 Å². The topological polar surface area (TPSA) is 114 Å². The van der Waals surface area contributed by atoms with Crippen LogP contribution in [-0.2, 0) is 20.2 Å². The molecule has 0 radical (unpaired) electrons. The van der Waals surface area contributed by atoms with Gasteiger partial charge in [-0.1, -0.05) is 48.6 Å². The summed E-state index contributed by atoms with van der Waals surface area (Å²) >= 11 is 0. The number of rotatable bonds is 4. The molecule has 10 heteroatoms. The van der Waals surface area contributed by atoms with E-state index >= 15 is 0 Å². The zero-order chi connectivity index (χ0) is 16.4. The van der Waals surface area contributed by atoms with Crippen molar-refractivity contribution in [2.75, 3.05) is 0 Å². The van der Waals surface area contributed by atoms with Gasteiger partial charge < -0.3 is 9.11 Å². The van der Waals surface area contributed by atoms with Crippen molar-refractivity contribution >= 4 is 32.4 Å². The molecule has 0 spiro atoms. The van der Waals surface area contributed by atoms with Crippen LogP contribution in [0.5, 0.6) is 0 Å². The van der Waals surface area contributed by atoms with Crippen molar-refractivity contribution < 1.29 is 85.1 Å². The monoisotopic (exact) mass is 384 g/mol. The van der Waals surface area contributed by atoms with E-state index in [1.54, 1.807) is 0 Å². The second kappa shape index (κ2) is 9.63. The Kier molecular flexibility index (Phi) is 9.63. The van der Waals surface area contributed by atoms with Crippen LogP contribution < -0.4 is 59.1 Å². The summed E-state index contributed by atoms with van der Waals surface area (Å²) in [7, 11) is -9.32. The molecule has 0 bridgehead atoms. The van der Waals surface area contributed by atoms with Gasteiger partial charge >= 0.3 is 59.1 Å². The van der Waals surface area contributed by atoms with E-state index in [1.807, 2.05) is 0 Å². The first-order valence-electron chi connectivity index (χ1n) is 5.97. The molecule has 0 atom stereocenters. The molecule has 2 rings (SSSR count). The van der Waals surface area contributed by atoms with Gasteiger partial charge in [0.05, 0.1) is 9.79 Å². The molecule has 2 aromatic rings. The second-order valence-electron chi connectivity index (χ2n) is 4.32. The summed E-state index contributed by atoms with van der Waals surface area (Å²) in [6.07, 6.45) is 2.55. The second-order valence-corrected chi connectivity index (χ2v) is 7.01. The third-order valence-corrected chi connectivity index (χ3v) is 4.64. The van der Waals surface area contributed by atoms with Crippen LogP contribution in [0.2, 0.25) is 0 Å². The van der Waals surface area contributed by atoms with Crippen LogP contribution in [0.15, 0.2) is 58.3 Å². The van der Waals surface area contributed by atoms with Crippen LogP contribution in [0.25, 0.3) is 12.2 Å². The number of hydrogen-bond acceptors (Lipinski definition) is 6. The Morgan fingerprint density at radius 3 is 1.21 bits per heavy atom. The van der Waals surface area contributed by atoms with Crippen LogP contribution >= 0.6 is 0 Å². The van der Waals surface area contributed by atoms with Gasteiger partial charge in [-0.05, 0) is 23.3 Å². The summed E-state index contributed by atoms with van der Waals surface area (Å²) in [5.41, 5.74) is 0.214. The van der Waals surface area contributed by atoms with Crippen molar-refractivity contribution in [3.8, 4) is 0 Å². The standard InChI is InChI=1S/C14H12O6S2.2Na/c15-21(16,17)13-7-3-1-5-11(13)9-10-12-6-2-4-8-14(12)22(18,19)20;;/h1-10H,(H,15,16,17)(H,18,19,20);;/q;2*+1/p-2. The maximum Gasteiger partial charge on any atom is 1.00 e. The largest absolute Gasteiger partial charge is 1.00 e. The molecule has 0 heterocycles. The Bertz CT molecular complexity index is 860. The molecule has 0 aliphatic carbocycles. The summed E-state index contributed by atoms with van der Waals surface area (Å²) in [4.78, 5) is -0.845. The van der Waals surface area contributed by atoms with E-state index in [1.165, 1.54) is 48.6 Å². The van der Waals surface area contributed by atoms with E-state index in [4.69, 9.17) is 0 Å². The summed E-state index contributed by atoms with van der Waals surface area (Å²) in [6, 6.07) is 11.0. The normalized spacial score (nSPS) is 11.6. The van der Waals surface area contributed by atoms with Crippen molar-refractivity contribution in [2.45, 2.75) is 9.79 Å². The van der Waals surface area contributed by atoms with Crippen molar-refractivity contribution in [3.63, 3.8) is 0 Å². The Hall–Kier alpha value is 0.000000000000000888. The van der Waals surface area contributed by atoms with Gasteiger partial charge in [0, 0.05) is 0 Å². The van der Waals surface area contributed by atoms with Gasteiger partial charge in [-0.15, -0.1) is 0 Å². The first-order valence-corrected chi connectivity index (χ1v) is 8.79. The SMILES string of the molecule is O=S(=O)([O-])c1ccccc1C=Cc1ccccc1S(=O)(=O)[O-].[Na+].[Na+]. The molecule has 6 nitrogen and oxygen atoms in total. The van der Waals surface area contributed by atoms with Crippen molar-refractivity contribution in [3.05, 3.63) is 59.7 Å².